The Hall–Kier alpha value is -0.300. The number of rotatable bonds is 2. The van der Waals surface area contributed by atoms with Gasteiger partial charge in [0.1, 0.15) is 0 Å². The molecule has 0 saturated carbocycles. The molecule has 0 aliphatic heterocycles. The fourth-order valence-electron chi connectivity index (χ4n) is 1.78. The molecule has 0 aromatic heterocycles. The second-order valence-corrected chi connectivity index (χ2v) is 4.02. The highest BCUT2D eigenvalue weighted by Gasteiger charge is 2.24. The predicted octanol–water partition coefficient (Wildman–Crippen LogP) is 3.13. The molecule has 0 N–H and O–H groups in total. The quantitative estimate of drug-likeness (QED) is 0.479. The number of carbonyl (C=O) groups excluding carboxylic acids is 1. The van der Waals surface area contributed by atoms with Crippen molar-refractivity contribution in [3.63, 3.8) is 0 Å². The molecule has 0 heterocycles. The minimum atomic E-state index is -0.186. The van der Waals surface area contributed by atoms with Crippen LogP contribution in [-0.4, -0.2) is 5.24 Å². The van der Waals surface area contributed by atoms with Crippen LogP contribution in [0.5, 0.6) is 0 Å². The van der Waals surface area contributed by atoms with Gasteiger partial charge in [-0.3, -0.25) is 4.79 Å². The lowest BCUT2D eigenvalue weighted by Crippen LogP contribution is -2.18. The number of allylic oxidation sites excluding steroid dienone is 2. The molecular formula is C10H15ClO. The van der Waals surface area contributed by atoms with Crippen LogP contribution in [-0.2, 0) is 4.79 Å². The maximum atomic E-state index is 11.0. The molecule has 1 nitrogen and oxygen atoms in total. The molecule has 1 atom stereocenters. The first kappa shape index (κ1) is 9.79. The average molecular weight is 187 g/mol. The summed E-state index contributed by atoms with van der Waals surface area (Å²) < 4.78 is 0. The molecule has 0 saturated heterocycles. The van der Waals surface area contributed by atoms with E-state index < -0.39 is 0 Å². The first-order valence-electron chi connectivity index (χ1n) is 4.52. The van der Waals surface area contributed by atoms with E-state index in [0.717, 1.165) is 19.3 Å². The monoisotopic (exact) mass is 186 g/mol. The van der Waals surface area contributed by atoms with Gasteiger partial charge in [0.2, 0.25) is 5.24 Å². The molecule has 68 valence electrons. The molecule has 1 rings (SSSR count). The van der Waals surface area contributed by atoms with Crippen molar-refractivity contribution in [2.75, 3.05) is 0 Å². The van der Waals surface area contributed by atoms with Gasteiger partial charge < -0.3 is 0 Å². The smallest absolute Gasteiger partial charge is 0.228 e. The SMILES string of the molecule is CC(C)C1=CCCCC1C(=O)Cl. The van der Waals surface area contributed by atoms with Gasteiger partial charge in [0.05, 0.1) is 5.92 Å². The molecule has 0 amide bonds. The third kappa shape index (κ3) is 2.10. The van der Waals surface area contributed by atoms with E-state index in [0.29, 0.717) is 5.92 Å². The van der Waals surface area contributed by atoms with Crippen LogP contribution in [0.2, 0.25) is 0 Å². The molecule has 0 radical (unpaired) electrons. The van der Waals surface area contributed by atoms with Crippen molar-refractivity contribution in [1.29, 1.82) is 0 Å². The third-order valence-corrected chi connectivity index (χ3v) is 2.68. The average Bonchev–Trinajstić information content (AvgIpc) is 2.04. The van der Waals surface area contributed by atoms with Crippen molar-refractivity contribution in [2.24, 2.45) is 11.8 Å². The van der Waals surface area contributed by atoms with Crippen LogP contribution in [0.15, 0.2) is 11.6 Å². The molecule has 1 aliphatic rings. The van der Waals surface area contributed by atoms with E-state index in [4.69, 9.17) is 11.6 Å². The van der Waals surface area contributed by atoms with E-state index in [1.54, 1.807) is 0 Å². The van der Waals surface area contributed by atoms with Crippen LogP contribution in [0.4, 0.5) is 0 Å². The Balaban J connectivity index is 2.78. The van der Waals surface area contributed by atoms with Gasteiger partial charge in [0.25, 0.3) is 0 Å². The molecule has 2 heteroatoms. The Bertz CT molecular complexity index is 206. The normalized spacial score (nSPS) is 24.0. The van der Waals surface area contributed by atoms with E-state index in [1.165, 1.54) is 5.57 Å². The van der Waals surface area contributed by atoms with Gasteiger partial charge in [-0.15, -0.1) is 0 Å². The van der Waals surface area contributed by atoms with Gasteiger partial charge in [-0.25, -0.2) is 0 Å². The fourth-order valence-corrected chi connectivity index (χ4v) is 2.02. The largest absolute Gasteiger partial charge is 0.281 e. The van der Waals surface area contributed by atoms with Gasteiger partial charge in [-0.2, -0.15) is 0 Å². The van der Waals surface area contributed by atoms with Gasteiger partial charge in [0, 0.05) is 0 Å². The summed E-state index contributed by atoms with van der Waals surface area (Å²) in [4.78, 5) is 11.0. The highest BCUT2D eigenvalue weighted by molar-refractivity contribution is 6.64. The highest BCUT2D eigenvalue weighted by atomic mass is 35.5. The molecule has 12 heavy (non-hydrogen) atoms. The topological polar surface area (TPSA) is 17.1 Å². The van der Waals surface area contributed by atoms with Gasteiger partial charge >= 0.3 is 0 Å². The summed E-state index contributed by atoms with van der Waals surface area (Å²) in [5.74, 6) is 0.457. The van der Waals surface area contributed by atoms with Crippen molar-refractivity contribution in [3.05, 3.63) is 11.6 Å². The summed E-state index contributed by atoms with van der Waals surface area (Å²) in [6.07, 6.45) is 5.32. The summed E-state index contributed by atoms with van der Waals surface area (Å²) in [5.41, 5.74) is 1.24. The Labute approximate surface area is 78.8 Å². The van der Waals surface area contributed by atoms with Crippen LogP contribution in [0.25, 0.3) is 0 Å². The van der Waals surface area contributed by atoms with Crippen LogP contribution >= 0.6 is 11.6 Å². The second-order valence-electron chi connectivity index (χ2n) is 3.65. The maximum absolute atomic E-state index is 11.0. The van der Waals surface area contributed by atoms with Gasteiger partial charge in [-0.1, -0.05) is 25.5 Å². The van der Waals surface area contributed by atoms with E-state index in [1.807, 2.05) is 0 Å². The number of halogens is 1. The Morgan fingerprint density at radius 3 is 2.75 bits per heavy atom. The van der Waals surface area contributed by atoms with Crippen LogP contribution in [0, 0.1) is 11.8 Å². The predicted molar refractivity (Wildman–Crippen MR) is 51.1 cm³/mol. The van der Waals surface area contributed by atoms with Crippen molar-refractivity contribution < 1.29 is 4.79 Å². The second kappa shape index (κ2) is 4.08. The van der Waals surface area contributed by atoms with Gasteiger partial charge in [0.15, 0.2) is 0 Å². The summed E-state index contributed by atoms with van der Waals surface area (Å²) in [6, 6.07) is 0. The molecule has 0 bridgehead atoms. The van der Waals surface area contributed by atoms with Crippen molar-refractivity contribution >= 4 is 16.8 Å². The van der Waals surface area contributed by atoms with E-state index in [9.17, 15) is 4.79 Å². The summed E-state index contributed by atoms with van der Waals surface area (Å²) >= 11 is 5.52. The molecule has 0 spiro atoms. The standard InChI is InChI=1S/C10H15ClO/c1-7(2)8-5-3-4-6-9(8)10(11)12/h5,7,9H,3-4,6H2,1-2H3. The number of hydrogen-bond acceptors (Lipinski definition) is 1. The van der Waals surface area contributed by atoms with Crippen LogP contribution in [0.3, 0.4) is 0 Å². The zero-order valence-corrected chi connectivity index (χ0v) is 8.40. The lowest BCUT2D eigenvalue weighted by Gasteiger charge is -2.23. The fraction of sp³-hybridized carbons (Fsp3) is 0.700. The van der Waals surface area contributed by atoms with E-state index in [2.05, 4.69) is 19.9 Å². The summed E-state index contributed by atoms with van der Waals surface area (Å²) in [5, 5.41) is -0.186. The molecule has 1 aliphatic carbocycles. The molecular weight excluding hydrogens is 172 g/mol. The minimum absolute atomic E-state index is 0.000386. The first-order valence-corrected chi connectivity index (χ1v) is 4.90. The minimum Gasteiger partial charge on any atom is -0.281 e. The van der Waals surface area contributed by atoms with Gasteiger partial charge in [-0.05, 0) is 36.8 Å². The molecule has 0 fully saturated rings. The summed E-state index contributed by atoms with van der Waals surface area (Å²) in [7, 11) is 0. The van der Waals surface area contributed by atoms with E-state index >= 15 is 0 Å². The Morgan fingerprint density at radius 1 is 1.67 bits per heavy atom. The van der Waals surface area contributed by atoms with Crippen molar-refractivity contribution in [3.8, 4) is 0 Å². The Kier molecular flexibility index (Phi) is 3.33. The van der Waals surface area contributed by atoms with Crippen molar-refractivity contribution in [2.45, 2.75) is 33.1 Å². The Morgan fingerprint density at radius 2 is 2.33 bits per heavy atom. The maximum Gasteiger partial charge on any atom is 0.228 e. The number of carbonyl (C=O) groups is 1. The van der Waals surface area contributed by atoms with Crippen LogP contribution in [0.1, 0.15) is 33.1 Å². The third-order valence-electron chi connectivity index (χ3n) is 2.42. The van der Waals surface area contributed by atoms with Crippen LogP contribution < -0.4 is 0 Å². The first-order chi connectivity index (χ1) is 5.63. The zero-order valence-electron chi connectivity index (χ0n) is 7.64. The number of hydrogen-bond donors (Lipinski definition) is 0. The van der Waals surface area contributed by atoms with Crippen molar-refractivity contribution in [1.82, 2.24) is 0 Å². The summed E-state index contributed by atoms with van der Waals surface area (Å²) in [6.45, 7) is 4.23. The lowest BCUT2D eigenvalue weighted by atomic mass is 9.82. The zero-order chi connectivity index (χ0) is 9.14. The lowest BCUT2D eigenvalue weighted by molar-refractivity contribution is -0.114. The highest BCUT2D eigenvalue weighted by Crippen LogP contribution is 2.31. The molecule has 0 aromatic carbocycles. The van der Waals surface area contributed by atoms with E-state index in [-0.39, 0.29) is 11.2 Å². The molecule has 0 aromatic rings. The molecule has 1 unspecified atom stereocenters.